The normalized spacial score (nSPS) is 16.6. The van der Waals surface area contributed by atoms with Crippen molar-refractivity contribution >= 4 is 20.9 Å². The number of fused-ring (bicyclic) bond motifs is 1. The van der Waals surface area contributed by atoms with Gasteiger partial charge in [-0.1, -0.05) is 36.4 Å². The number of aromatic nitrogens is 1. The fourth-order valence-corrected chi connectivity index (χ4v) is 4.63. The van der Waals surface area contributed by atoms with Crippen molar-refractivity contribution in [3.63, 3.8) is 0 Å². The number of hydrogen-bond donors (Lipinski definition) is 0. The SMILES string of the molecule is O=S(=O)(c1ccccc1)N1CCN(n2ccc3ccccc32)CC1. The number of benzene rings is 2. The molecule has 24 heavy (non-hydrogen) atoms. The Morgan fingerprint density at radius 1 is 0.750 bits per heavy atom. The predicted molar refractivity (Wildman–Crippen MR) is 95.1 cm³/mol. The zero-order chi connectivity index (χ0) is 16.6. The van der Waals surface area contributed by atoms with E-state index in [-0.39, 0.29) is 0 Å². The van der Waals surface area contributed by atoms with Crippen LogP contribution >= 0.6 is 0 Å². The third kappa shape index (κ3) is 2.57. The maximum absolute atomic E-state index is 12.7. The zero-order valence-corrected chi connectivity index (χ0v) is 14.1. The van der Waals surface area contributed by atoms with E-state index in [1.165, 1.54) is 5.39 Å². The molecule has 0 atom stereocenters. The molecular formula is C18H19N3O2S. The number of hydrogen-bond acceptors (Lipinski definition) is 3. The van der Waals surface area contributed by atoms with Crippen LogP contribution in [0.2, 0.25) is 0 Å². The lowest BCUT2D eigenvalue weighted by Gasteiger charge is -2.36. The summed E-state index contributed by atoms with van der Waals surface area (Å²) in [5, 5.41) is 3.39. The van der Waals surface area contributed by atoms with Crippen molar-refractivity contribution in [3.05, 3.63) is 66.9 Å². The van der Waals surface area contributed by atoms with Crippen molar-refractivity contribution in [3.8, 4) is 0 Å². The molecule has 124 valence electrons. The van der Waals surface area contributed by atoms with Crippen LogP contribution < -0.4 is 5.01 Å². The minimum absolute atomic E-state index is 0.366. The Morgan fingerprint density at radius 2 is 1.42 bits per heavy atom. The molecule has 2 aromatic carbocycles. The maximum atomic E-state index is 12.7. The maximum Gasteiger partial charge on any atom is 0.243 e. The van der Waals surface area contributed by atoms with Crippen molar-refractivity contribution in [2.24, 2.45) is 0 Å². The van der Waals surface area contributed by atoms with E-state index in [4.69, 9.17) is 0 Å². The van der Waals surface area contributed by atoms with Gasteiger partial charge in [-0.3, -0.25) is 4.68 Å². The van der Waals surface area contributed by atoms with Gasteiger partial charge in [-0.05, 0) is 24.3 Å². The third-order valence-electron chi connectivity index (χ3n) is 4.48. The lowest BCUT2D eigenvalue weighted by atomic mass is 10.2. The van der Waals surface area contributed by atoms with Crippen LogP contribution in [0.25, 0.3) is 10.9 Å². The van der Waals surface area contributed by atoms with E-state index in [1.54, 1.807) is 28.6 Å². The summed E-state index contributed by atoms with van der Waals surface area (Å²) in [5.41, 5.74) is 1.15. The lowest BCUT2D eigenvalue weighted by Crippen LogP contribution is -2.52. The summed E-state index contributed by atoms with van der Waals surface area (Å²) in [6.07, 6.45) is 2.05. The fourth-order valence-electron chi connectivity index (χ4n) is 3.19. The van der Waals surface area contributed by atoms with Gasteiger partial charge < -0.3 is 5.01 Å². The standard InChI is InChI=1S/C18H19N3O2S/c22-24(23,17-7-2-1-3-8-17)20-14-12-19(13-15-20)21-11-10-16-6-4-5-9-18(16)21/h1-11H,12-15H2. The Labute approximate surface area is 141 Å². The quantitative estimate of drug-likeness (QED) is 0.734. The van der Waals surface area contributed by atoms with Gasteiger partial charge in [0.1, 0.15) is 0 Å². The molecule has 1 aromatic heterocycles. The molecule has 0 saturated carbocycles. The van der Waals surface area contributed by atoms with Gasteiger partial charge in [-0.15, -0.1) is 0 Å². The van der Waals surface area contributed by atoms with E-state index in [2.05, 4.69) is 27.9 Å². The van der Waals surface area contributed by atoms with Gasteiger partial charge in [0.15, 0.2) is 0 Å². The average Bonchev–Trinajstić information content (AvgIpc) is 3.07. The van der Waals surface area contributed by atoms with Crippen LogP contribution in [-0.2, 0) is 10.0 Å². The first-order valence-electron chi connectivity index (χ1n) is 8.03. The van der Waals surface area contributed by atoms with E-state index in [9.17, 15) is 8.42 Å². The second kappa shape index (κ2) is 5.96. The number of nitrogens with zero attached hydrogens (tertiary/aromatic N) is 3. The largest absolute Gasteiger partial charge is 0.310 e. The van der Waals surface area contributed by atoms with Crippen LogP contribution in [0.3, 0.4) is 0 Å². The summed E-state index contributed by atoms with van der Waals surface area (Å²) >= 11 is 0. The molecule has 0 unspecified atom stereocenters. The van der Waals surface area contributed by atoms with Crippen LogP contribution in [0.4, 0.5) is 0 Å². The van der Waals surface area contributed by atoms with Gasteiger partial charge in [0, 0.05) is 37.8 Å². The highest BCUT2D eigenvalue weighted by Crippen LogP contribution is 2.19. The van der Waals surface area contributed by atoms with E-state index >= 15 is 0 Å². The zero-order valence-electron chi connectivity index (χ0n) is 13.2. The third-order valence-corrected chi connectivity index (χ3v) is 6.39. The second-order valence-electron chi connectivity index (χ2n) is 5.89. The molecular weight excluding hydrogens is 322 g/mol. The van der Waals surface area contributed by atoms with E-state index in [1.807, 2.05) is 24.4 Å². The molecule has 0 aliphatic carbocycles. The van der Waals surface area contributed by atoms with Crippen molar-refractivity contribution in [1.29, 1.82) is 0 Å². The molecule has 1 saturated heterocycles. The predicted octanol–water partition coefficient (Wildman–Crippen LogP) is 2.28. The first-order valence-corrected chi connectivity index (χ1v) is 9.47. The smallest absolute Gasteiger partial charge is 0.243 e. The Hall–Kier alpha value is -2.31. The molecule has 3 aromatic rings. The number of piperazine rings is 1. The summed E-state index contributed by atoms with van der Waals surface area (Å²) in [6, 6.07) is 19.0. The van der Waals surface area contributed by atoms with Crippen LogP contribution in [0.5, 0.6) is 0 Å². The van der Waals surface area contributed by atoms with Crippen molar-refractivity contribution in [1.82, 2.24) is 8.98 Å². The Kier molecular flexibility index (Phi) is 3.78. The Bertz CT molecular complexity index is 943. The number of para-hydroxylation sites is 1. The summed E-state index contributed by atoms with van der Waals surface area (Å²) in [4.78, 5) is 0.366. The van der Waals surface area contributed by atoms with Gasteiger partial charge in [-0.2, -0.15) is 4.31 Å². The van der Waals surface area contributed by atoms with Gasteiger partial charge >= 0.3 is 0 Å². The minimum Gasteiger partial charge on any atom is -0.310 e. The number of rotatable bonds is 3. The molecule has 4 rings (SSSR count). The van der Waals surface area contributed by atoms with E-state index in [0.717, 1.165) is 5.52 Å². The lowest BCUT2D eigenvalue weighted by molar-refractivity contribution is 0.355. The molecule has 2 heterocycles. The molecule has 0 amide bonds. The van der Waals surface area contributed by atoms with Gasteiger partial charge in [0.25, 0.3) is 0 Å². The Balaban J connectivity index is 1.53. The van der Waals surface area contributed by atoms with Gasteiger partial charge in [0.2, 0.25) is 10.0 Å². The van der Waals surface area contributed by atoms with Gasteiger partial charge in [-0.25, -0.2) is 8.42 Å². The molecule has 0 bridgehead atoms. The summed E-state index contributed by atoms with van der Waals surface area (Å²) in [7, 11) is -3.40. The first kappa shape index (κ1) is 15.2. The highest BCUT2D eigenvalue weighted by Gasteiger charge is 2.28. The van der Waals surface area contributed by atoms with Crippen LogP contribution in [0.15, 0.2) is 71.8 Å². The van der Waals surface area contributed by atoms with Crippen LogP contribution in [0.1, 0.15) is 0 Å². The summed E-state index contributed by atoms with van der Waals surface area (Å²) < 4.78 is 29.1. The monoisotopic (exact) mass is 341 g/mol. The fraction of sp³-hybridized carbons (Fsp3) is 0.222. The molecule has 0 N–H and O–H groups in total. The topological polar surface area (TPSA) is 45.6 Å². The highest BCUT2D eigenvalue weighted by atomic mass is 32.2. The van der Waals surface area contributed by atoms with Crippen molar-refractivity contribution in [2.45, 2.75) is 4.90 Å². The molecule has 1 fully saturated rings. The van der Waals surface area contributed by atoms with E-state index in [0.29, 0.717) is 31.1 Å². The second-order valence-corrected chi connectivity index (χ2v) is 7.83. The average molecular weight is 341 g/mol. The van der Waals surface area contributed by atoms with Crippen LogP contribution in [-0.4, -0.2) is 43.6 Å². The van der Waals surface area contributed by atoms with E-state index < -0.39 is 10.0 Å². The van der Waals surface area contributed by atoms with Gasteiger partial charge in [0.05, 0.1) is 10.4 Å². The minimum atomic E-state index is -3.40. The molecule has 5 nitrogen and oxygen atoms in total. The molecule has 0 radical (unpaired) electrons. The highest BCUT2D eigenvalue weighted by molar-refractivity contribution is 7.89. The first-order chi connectivity index (χ1) is 11.7. The summed E-state index contributed by atoms with van der Waals surface area (Å²) in [5.74, 6) is 0. The molecule has 1 aliphatic heterocycles. The molecule has 1 aliphatic rings. The molecule has 6 heteroatoms. The Morgan fingerprint density at radius 3 is 2.17 bits per heavy atom. The van der Waals surface area contributed by atoms with Crippen molar-refractivity contribution < 1.29 is 8.42 Å². The number of sulfonamides is 1. The summed E-state index contributed by atoms with van der Waals surface area (Å²) in [6.45, 7) is 2.32. The molecule has 0 spiro atoms. The van der Waals surface area contributed by atoms with Crippen LogP contribution in [0, 0.1) is 0 Å². The van der Waals surface area contributed by atoms with Crippen molar-refractivity contribution in [2.75, 3.05) is 31.2 Å².